The molecule has 0 amide bonds. The molecule has 13 heavy (non-hydrogen) atoms. The predicted molar refractivity (Wildman–Crippen MR) is 60.2 cm³/mol. The molecular formula is C10H7IN2. The van der Waals surface area contributed by atoms with E-state index in [1.54, 1.807) is 12.4 Å². The zero-order chi connectivity index (χ0) is 9.10. The van der Waals surface area contributed by atoms with E-state index in [2.05, 4.69) is 32.6 Å². The predicted octanol–water partition coefficient (Wildman–Crippen LogP) is 2.75. The van der Waals surface area contributed by atoms with E-state index in [1.807, 2.05) is 30.3 Å². The molecule has 2 aromatic rings. The van der Waals surface area contributed by atoms with E-state index in [-0.39, 0.29) is 0 Å². The quantitative estimate of drug-likeness (QED) is 0.593. The van der Waals surface area contributed by atoms with Gasteiger partial charge >= 0.3 is 0 Å². The Hall–Kier alpha value is -0.970. The minimum atomic E-state index is 0.995. The van der Waals surface area contributed by atoms with Crippen molar-refractivity contribution in [2.75, 3.05) is 0 Å². The molecule has 0 radical (unpaired) electrons. The molecule has 0 saturated heterocycles. The molecule has 64 valence electrons. The highest BCUT2D eigenvalue weighted by atomic mass is 127. The highest BCUT2D eigenvalue weighted by Crippen LogP contribution is 2.15. The molecule has 0 aliphatic rings. The summed E-state index contributed by atoms with van der Waals surface area (Å²) < 4.78 is 1.01. The lowest BCUT2D eigenvalue weighted by Gasteiger charge is -1.99. The van der Waals surface area contributed by atoms with Crippen molar-refractivity contribution in [1.29, 1.82) is 0 Å². The molecule has 0 saturated carbocycles. The molecule has 0 spiro atoms. The van der Waals surface area contributed by atoms with Gasteiger partial charge in [-0.1, -0.05) is 6.07 Å². The summed E-state index contributed by atoms with van der Waals surface area (Å²) in [5, 5.41) is 0. The number of rotatable bonds is 1. The first-order valence-electron chi connectivity index (χ1n) is 3.89. The van der Waals surface area contributed by atoms with Gasteiger partial charge < -0.3 is 0 Å². The van der Waals surface area contributed by atoms with E-state index < -0.39 is 0 Å². The number of nitrogens with zero attached hydrogens (tertiary/aromatic N) is 2. The standard InChI is InChI=1S/C10H7IN2/c11-10-3-1-2-9(13-10)8-4-6-12-7-5-8/h1-7H. The largest absolute Gasteiger partial charge is 0.265 e. The summed E-state index contributed by atoms with van der Waals surface area (Å²) in [5.74, 6) is 0. The van der Waals surface area contributed by atoms with Crippen molar-refractivity contribution < 1.29 is 0 Å². The molecule has 0 unspecified atom stereocenters. The third-order valence-electron chi connectivity index (χ3n) is 1.69. The molecule has 3 heteroatoms. The summed E-state index contributed by atoms with van der Waals surface area (Å²) >= 11 is 2.21. The fourth-order valence-corrected chi connectivity index (χ4v) is 1.56. The van der Waals surface area contributed by atoms with Crippen LogP contribution in [0.25, 0.3) is 11.3 Å². The van der Waals surface area contributed by atoms with E-state index in [9.17, 15) is 0 Å². The molecule has 0 aliphatic carbocycles. The van der Waals surface area contributed by atoms with Gasteiger partial charge in [0.1, 0.15) is 3.70 Å². The Balaban J connectivity index is 2.48. The van der Waals surface area contributed by atoms with E-state index in [0.29, 0.717) is 0 Å². The van der Waals surface area contributed by atoms with Gasteiger partial charge in [-0.3, -0.25) is 4.98 Å². The van der Waals surface area contributed by atoms with Gasteiger partial charge in [-0.05, 0) is 46.9 Å². The Bertz CT molecular complexity index is 401. The molecule has 2 aromatic heterocycles. The van der Waals surface area contributed by atoms with Crippen molar-refractivity contribution in [3.8, 4) is 11.3 Å². The zero-order valence-corrected chi connectivity index (χ0v) is 8.97. The third-order valence-corrected chi connectivity index (χ3v) is 2.29. The Morgan fingerprint density at radius 3 is 2.46 bits per heavy atom. The lowest BCUT2D eigenvalue weighted by molar-refractivity contribution is 1.26. The zero-order valence-electron chi connectivity index (χ0n) is 6.81. The van der Waals surface area contributed by atoms with Gasteiger partial charge in [0.15, 0.2) is 0 Å². The van der Waals surface area contributed by atoms with Crippen LogP contribution in [0.1, 0.15) is 0 Å². The van der Waals surface area contributed by atoms with Crippen molar-refractivity contribution in [3.63, 3.8) is 0 Å². The van der Waals surface area contributed by atoms with Gasteiger partial charge in [0.25, 0.3) is 0 Å². The van der Waals surface area contributed by atoms with Crippen molar-refractivity contribution in [2.24, 2.45) is 0 Å². The van der Waals surface area contributed by atoms with E-state index in [4.69, 9.17) is 0 Å². The second kappa shape index (κ2) is 3.83. The van der Waals surface area contributed by atoms with Crippen LogP contribution >= 0.6 is 22.6 Å². The topological polar surface area (TPSA) is 25.8 Å². The minimum absolute atomic E-state index is 0.995. The first-order valence-corrected chi connectivity index (χ1v) is 4.97. The molecule has 0 N–H and O–H groups in total. The molecule has 0 aliphatic heterocycles. The number of hydrogen-bond acceptors (Lipinski definition) is 2. The lowest BCUT2D eigenvalue weighted by Crippen LogP contribution is -1.85. The Morgan fingerprint density at radius 2 is 1.77 bits per heavy atom. The first kappa shape index (κ1) is 8.62. The highest BCUT2D eigenvalue weighted by molar-refractivity contribution is 14.1. The SMILES string of the molecule is Ic1cccc(-c2ccncc2)n1. The van der Waals surface area contributed by atoms with Crippen LogP contribution in [0.2, 0.25) is 0 Å². The molecule has 0 aromatic carbocycles. The Kier molecular flexibility index (Phi) is 2.54. The molecule has 0 fully saturated rings. The van der Waals surface area contributed by atoms with Gasteiger partial charge in [0.05, 0.1) is 5.69 Å². The van der Waals surface area contributed by atoms with Gasteiger partial charge in [0.2, 0.25) is 0 Å². The highest BCUT2D eigenvalue weighted by Gasteiger charge is 1.97. The maximum atomic E-state index is 4.40. The van der Waals surface area contributed by atoms with Gasteiger partial charge in [-0.15, -0.1) is 0 Å². The minimum Gasteiger partial charge on any atom is -0.265 e. The smallest absolute Gasteiger partial charge is 0.102 e. The average Bonchev–Trinajstić information content (AvgIpc) is 2.19. The van der Waals surface area contributed by atoms with Crippen LogP contribution < -0.4 is 0 Å². The molecular weight excluding hydrogens is 275 g/mol. The Morgan fingerprint density at radius 1 is 1.00 bits per heavy atom. The van der Waals surface area contributed by atoms with Crippen LogP contribution in [-0.2, 0) is 0 Å². The van der Waals surface area contributed by atoms with E-state index in [0.717, 1.165) is 15.0 Å². The maximum Gasteiger partial charge on any atom is 0.102 e. The summed E-state index contributed by atoms with van der Waals surface area (Å²) in [6.45, 7) is 0. The van der Waals surface area contributed by atoms with Crippen molar-refractivity contribution in [2.45, 2.75) is 0 Å². The van der Waals surface area contributed by atoms with Crippen molar-refractivity contribution in [1.82, 2.24) is 9.97 Å². The van der Waals surface area contributed by atoms with Crippen molar-refractivity contribution >= 4 is 22.6 Å². The van der Waals surface area contributed by atoms with Crippen LogP contribution in [0.5, 0.6) is 0 Å². The number of pyridine rings is 2. The summed E-state index contributed by atoms with van der Waals surface area (Å²) in [7, 11) is 0. The van der Waals surface area contributed by atoms with Crippen LogP contribution in [0, 0.1) is 3.70 Å². The van der Waals surface area contributed by atoms with E-state index >= 15 is 0 Å². The fraction of sp³-hybridized carbons (Fsp3) is 0. The molecule has 2 heterocycles. The lowest BCUT2D eigenvalue weighted by atomic mass is 10.2. The second-order valence-corrected chi connectivity index (χ2v) is 3.69. The van der Waals surface area contributed by atoms with Crippen molar-refractivity contribution in [3.05, 3.63) is 46.4 Å². The van der Waals surface area contributed by atoms with Crippen LogP contribution in [0.4, 0.5) is 0 Å². The summed E-state index contributed by atoms with van der Waals surface area (Å²) in [4.78, 5) is 8.37. The Labute approximate surface area is 90.2 Å². The van der Waals surface area contributed by atoms with Gasteiger partial charge in [-0.25, -0.2) is 4.98 Å². The van der Waals surface area contributed by atoms with Crippen LogP contribution in [0.3, 0.4) is 0 Å². The fourth-order valence-electron chi connectivity index (χ4n) is 1.09. The normalized spacial score (nSPS) is 9.92. The maximum absolute atomic E-state index is 4.40. The molecule has 0 atom stereocenters. The van der Waals surface area contributed by atoms with Gasteiger partial charge in [0, 0.05) is 18.0 Å². The average molecular weight is 282 g/mol. The molecule has 2 rings (SSSR count). The molecule has 2 nitrogen and oxygen atoms in total. The van der Waals surface area contributed by atoms with Crippen LogP contribution in [0.15, 0.2) is 42.7 Å². The molecule has 0 bridgehead atoms. The number of aromatic nitrogens is 2. The summed E-state index contributed by atoms with van der Waals surface area (Å²) in [6.07, 6.45) is 3.55. The van der Waals surface area contributed by atoms with Gasteiger partial charge in [-0.2, -0.15) is 0 Å². The van der Waals surface area contributed by atoms with E-state index in [1.165, 1.54) is 0 Å². The van der Waals surface area contributed by atoms with Crippen LogP contribution in [-0.4, -0.2) is 9.97 Å². The monoisotopic (exact) mass is 282 g/mol. The third kappa shape index (κ3) is 2.03. The first-order chi connectivity index (χ1) is 6.36. The second-order valence-electron chi connectivity index (χ2n) is 2.58. The number of hydrogen-bond donors (Lipinski definition) is 0. The number of halogens is 1. The summed E-state index contributed by atoms with van der Waals surface area (Å²) in [5.41, 5.74) is 2.10. The summed E-state index contributed by atoms with van der Waals surface area (Å²) in [6, 6.07) is 9.89.